The van der Waals surface area contributed by atoms with E-state index in [0.29, 0.717) is 5.13 Å². The molecule has 1 atom stereocenters. The number of carbonyl (C=O) groups is 1. The molecule has 5 heteroatoms. The number of hydrogen-bond donors (Lipinski definition) is 1. The Morgan fingerprint density at radius 3 is 2.73 bits per heavy atom. The molecule has 2 heterocycles. The van der Waals surface area contributed by atoms with Crippen molar-refractivity contribution >= 4 is 22.4 Å². The molecule has 116 valence electrons. The van der Waals surface area contributed by atoms with Gasteiger partial charge in [-0.25, -0.2) is 4.98 Å². The fourth-order valence-corrected chi connectivity index (χ4v) is 3.57. The van der Waals surface area contributed by atoms with E-state index in [1.165, 1.54) is 22.5 Å². The standard InChI is InChI=1S/C17H21N3OS/c1-11-13(3)22-17(18-11)19-16(21)12(2)20-9-8-14-6-4-5-7-15(14)10-20/h4-7,12H,8-10H2,1-3H3,(H,18,19,21)/t12-/m0/s1. The van der Waals surface area contributed by atoms with E-state index in [1.807, 2.05) is 20.8 Å². The maximum absolute atomic E-state index is 12.5. The van der Waals surface area contributed by atoms with Crippen LogP contribution in [0.4, 0.5) is 5.13 Å². The highest BCUT2D eigenvalue weighted by atomic mass is 32.1. The number of nitrogens with one attached hydrogen (secondary N) is 1. The monoisotopic (exact) mass is 315 g/mol. The van der Waals surface area contributed by atoms with Crippen LogP contribution in [0.5, 0.6) is 0 Å². The Labute approximate surface area is 135 Å². The lowest BCUT2D eigenvalue weighted by Crippen LogP contribution is -2.44. The van der Waals surface area contributed by atoms with Gasteiger partial charge < -0.3 is 5.32 Å². The third-order valence-corrected chi connectivity index (χ3v) is 5.33. The molecule has 4 nitrogen and oxygen atoms in total. The van der Waals surface area contributed by atoms with Gasteiger partial charge in [-0.2, -0.15) is 0 Å². The Kier molecular flexibility index (Phi) is 4.27. The van der Waals surface area contributed by atoms with Gasteiger partial charge in [-0.3, -0.25) is 9.69 Å². The summed E-state index contributed by atoms with van der Waals surface area (Å²) >= 11 is 1.53. The summed E-state index contributed by atoms with van der Waals surface area (Å²) in [5, 5.41) is 3.65. The third kappa shape index (κ3) is 3.05. The molecule has 0 aliphatic carbocycles. The Morgan fingerprint density at radius 2 is 2.05 bits per heavy atom. The van der Waals surface area contributed by atoms with Gasteiger partial charge in [-0.1, -0.05) is 24.3 Å². The number of fused-ring (bicyclic) bond motifs is 1. The number of nitrogens with zero attached hydrogens (tertiary/aromatic N) is 2. The van der Waals surface area contributed by atoms with Crippen molar-refractivity contribution in [3.05, 3.63) is 46.0 Å². The van der Waals surface area contributed by atoms with Crippen molar-refractivity contribution in [1.29, 1.82) is 0 Å². The lowest BCUT2D eigenvalue weighted by Gasteiger charge is -2.32. The number of aromatic nitrogens is 1. The summed E-state index contributed by atoms with van der Waals surface area (Å²) in [7, 11) is 0. The van der Waals surface area contributed by atoms with Crippen molar-refractivity contribution in [2.24, 2.45) is 0 Å². The van der Waals surface area contributed by atoms with E-state index < -0.39 is 0 Å². The summed E-state index contributed by atoms with van der Waals surface area (Å²) in [6.07, 6.45) is 1.00. The Bertz CT molecular complexity index is 675. The molecule has 0 spiro atoms. The van der Waals surface area contributed by atoms with Crippen LogP contribution in [0.3, 0.4) is 0 Å². The molecule has 1 N–H and O–H groups in total. The van der Waals surface area contributed by atoms with E-state index >= 15 is 0 Å². The van der Waals surface area contributed by atoms with Gasteiger partial charge in [-0.15, -0.1) is 11.3 Å². The smallest absolute Gasteiger partial charge is 0.243 e. The van der Waals surface area contributed by atoms with Crippen LogP contribution in [0.1, 0.15) is 28.6 Å². The molecule has 0 saturated carbocycles. The quantitative estimate of drug-likeness (QED) is 0.946. The first kappa shape index (κ1) is 15.2. The summed E-state index contributed by atoms with van der Waals surface area (Å²) in [6.45, 7) is 7.71. The van der Waals surface area contributed by atoms with Crippen LogP contribution in [-0.4, -0.2) is 28.4 Å². The summed E-state index contributed by atoms with van der Waals surface area (Å²) in [5.74, 6) is 0.0214. The number of amides is 1. The Balaban J connectivity index is 1.66. The molecule has 1 amide bonds. The second-order valence-corrected chi connectivity index (χ2v) is 7.02. The largest absolute Gasteiger partial charge is 0.301 e. The van der Waals surface area contributed by atoms with Crippen molar-refractivity contribution in [2.45, 2.75) is 39.8 Å². The van der Waals surface area contributed by atoms with E-state index in [9.17, 15) is 4.79 Å². The van der Waals surface area contributed by atoms with Crippen molar-refractivity contribution < 1.29 is 4.79 Å². The molecule has 1 aliphatic rings. The van der Waals surface area contributed by atoms with Crippen LogP contribution in [-0.2, 0) is 17.8 Å². The molecule has 0 bridgehead atoms. The second kappa shape index (κ2) is 6.18. The molecule has 3 rings (SSSR count). The van der Waals surface area contributed by atoms with Crippen LogP contribution in [0, 0.1) is 13.8 Å². The van der Waals surface area contributed by atoms with Gasteiger partial charge in [0.25, 0.3) is 0 Å². The molecule has 1 aliphatic heterocycles. The SMILES string of the molecule is Cc1nc(NC(=O)[C@H](C)N2CCc3ccccc3C2)sc1C. The van der Waals surface area contributed by atoms with Gasteiger partial charge in [0, 0.05) is 18.0 Å². The molecule has 22 heavy (non-hydrogen) atoms. The van der Waals surface area contributed by atoms with Crippen molar-refractivity contribution in [2.75, 3.05) is 11.9 Å². The molecule has 2 aromatic rings. The molecule has 0 unspecified atom stereocenters. The third-order valence-electron chi connectivity index (χ3n) is 4.35. The summed E-state index contributed by atoms with van der Waals surface area (Å²) < 4.78 is 0. The minimum Gasteiger partial charge on any atom is -0.301 e. The van der Waals surface area contributed by atoms with Gasteiger partial charge in [0.05, 0.1) is 11.7 Å². The highest BCUT2D eigenvalue weighted by molar-refractivity contribution is 7.15. The van der Waals surface area contributed by atoms with Gasteiger partial charge in [0.15, 0.2) is 5.13 Å². The fraction of sp³-hybridized carbons (Fsp3) is 0.412. The number of benzene rings is 1. The number of carbonyl (C=O) groups excluding carboxylic acids is 1. The van der Waals surface area contributed by atoms with Crippen LogP contribution in [0.25, 0.3) is 0 Å². The maximum Gasteiger partial charge on any atom is 0.243 e. The molecule has 1 aromatic carbocycles. The van der Waals surface area contributed by atoms with Crippen LogP contribution < -0.4 is 5.32 Å². The highest BCUT2D eigenvalue weighted by Crippen LogP contribution is 2.23. The maximum atomic E-state index is 12.5. The first-order valence-electron chi connectivity index (χ1n) is 7.60. The first-order chi connectivity index (χ1) is 10.5. The highest BCUT2D eigenvalue weighted by Gasteiger charge is 2.25. The number of anilines is 1. The number of rotatable bonds is 3. The average molecular weight is 315 g/mol. The lowest BCUT2D eigenvalue weighted by molar-refractivity contribution is -0.121. The summed E-state index contributed by atoms with van der Waals surface area (Å²) in [4.78, 5) is 20.2. The second-order valence-electron chi connectivity index (χ2n) is 5.82. The fourth-order valence-electron chi connectivity index (χ4n) is 2.75. The number of hydrogen-bond acceptors (Lipinski definition) is 4. The minimum atomic E-state index is -0.155. The number of aryl methyl sites for hydroxylation is 2. The van der Waals surface area contributed by atoms with Crippen LogP contribution in [0.2, 0.25) is 0 Å². The Hall–Kier alpha value is -1.72. The van der Waals surface area contributed by atoms with Gasteiger partial charge in [-0.05, 0) is 38.3 Å². The molecule has 0 fully saturated rings. The van der Waals surface area contributed by atoms with Gasteiger partial charge in [0.2, 0.25) is 5.91 Å². The zero-order valence-electron chi connectivity index (χ0n) is 13.2. The molecular formula is C17H21N3OS. The number of thiazole rings is 1. The normalized spacial score (nSPS) is 16.1. The van der Waals surface area contributed by atoms with E-state index in [4.69, 9.17) is 0 Å². The van der Waals surface area contributed by atoms with Crippen LogP contribution in [0.15, 0.2) is 24.3 Å². The van der Waals surface area contributed by atoms with Gasteiger partial charge >= 0.3 is 0 Å². The zero-order valence-corrected chi connectivity index (χ0v) is 14.0. The van der Waals surface area contributed by atoms with E-state index in [-0.39, 0.29) is 11.9 Å². The predicted octanol–water partition coefficient (Wildman–Crippen LogP) is 3.15. The average Bonchev–Trinajstić information content (AvgIpc) is 2.84. The molecule has 1 aromatic heterocycles. The minimum absolute atomic E-state index is 0.0214. The van der Waals surface area contributed by atoms with E-state index in [1.54, 1.807) is 0 Å². The van der Waals surface area contributed by atoms with Gasteiger partial charge in [0.1, 0.15) is 0 Å². The predicted molar refractivity (Wildman–Crippen MR) is 90.2 cm³/mol. The van der Waals surface area contributed by atoms with Crippen LogP contribution >= 0.6 is 11.3 Å². The first-order valence-corrected chi connectivity index (χ1v) is 8.42. The van der Waals surface area contributed by atoms with Crippen molar-refractivity contribution in [3.8, 4) is 0 Å². The molecule has 0 saturated heterocycles. The topological polar surface area (TPSA) is 45.2 Å². The summed E-state index contributed by atoms with van der Waals surface area (Å²) in [6, 6.07) is 8.32. The lowest BCUT2D eigenvalue weighted by atomic mass is 9.99. The Morgan fingerprint density at radius 1 is 1.32 bits per heavy atom. The summed E-state index contributed by atoms with van der Waals surface area (Å²) in [5.41, 5.74) is 3.71. The van der Waals surface area contributed by atoms with Crippen molar-refractivity contribution in [1.82, 2.24) is 9.88 Å². The zero-order chi connectivity index (χ0) is 15.7. The van der Waals surface area contributed by atoms with E-state index in [2.05, 4.69) is 39.5 Å². The van der Waals surface area contributed by atoms with Crippen molar-refractivity contribution in [3.63, 3.8) is 0 Å². The molecule has 0 radical (unpaired) electrons. The molecular weight excluding hydrogens is 294 g/mol. The van der Waals surface area contributed by atoms with E-state index in [0.717, 1.165) is 30.1 Å².